The summed E-state index contributed by atoms with van der Waals surface area (Å²) in [5.41, 5.74) is -0.477. The number of benzene rings is 3. The molecule has 0 radical (unpaired) electrons. The van der Waals surface area contributed by atoms with Crippen molar-refractivity contribution in [3.8, 4) is 5.69 Å². The Morgan fingerprint density at radius 3 is 2.34 bits per heavy atom. The van der Waals surface area contributed by atoms with Crippen molar-refractivity contribution in [1.29, 1.82) is 0 Å². The molecule has 0 fully saturated rings. The summed E-state index contributed by atoms with van der Waals surface area (Å²) in [6, 6.07) is 16.7. The number of nitro benzene ring substituents is 1. The number of rotatable bonds is 4. The van der Waals surface area contributed by atoms with E-state index in [9.17, 15) is 28.1 Å². The number of alkyl halides is 3. The van der Waals surface area contributed by atoms with Crippen molar-refractivity contribution in [2.75, 3.05) is 0 Å². The van der Waals surface area contributed by atoms with E-state index < -0.39 is 22.2 Å². The van der Waals surface area contributed by atoms with Gasteiger partial charge in [0.05, 0.1) is 27.1 Å². The van der Waals surface area contributed by atoms with Crippen LogP contribution in [-0.4, -0.2) is 14.5 Å². The van der Waals surface area contributed by atoms with Gasteiger partial charge in [-0.05, 0) is 54.1 Å². The van der Waals surface area contributed by atoms with Crippen LogP contribution < -0.4 is 5.56 Å². The van der Waals surface area contributed by atoms with Gasteiger partial charge >= 0.3 is 6.18 Å². The molecule has 0 N–H and O–H groups in total. The minimum Gasteiger partial charge on any atom is -0.268 e. The molecular formula is C23H14F3N3O3. The van der Waals surface area contributed by atoms with Crippen molar-refractivity contribution in [2.45, 2.75) is 6.18 Å². The molecule has 0 bridgehead atoms. The fourth-order valence-electron chi connectivity index (χ4n) is 3.21. The van der Waals surface area contributed by atoms with Gasteiger partial charge in [-0.25, -0.2) is 4.98 Å². The third-order valence-electron chi connectivity index (χ3n) is 4.76. The highest BCUT2D eigenvalue weighted by Crippen LogP contribution is 2.30. The van der Waals surface area contributed by atoms with E-state index in [1.807, 2.05) is 0 Å². The molecule has 0 spiro atoms. The zero-order valence-corrected chi connectivity index (χ0v) is 16.3. The Morgan fingerprint density at radius 1 is 0.938 bits per heavy atom. The summed E-state index contributed by atoms with van der Waals surface area (Å²) >= 11 is 0. The highest BCUT2D eigenvalue weighted by molar-refractivity contribution is 5.80. The van der Waals surface area contributed by atoms with Gasteiger partial charge in [0, 0.05) is 12.1 Å². The standard InChI is InChI=1S/C23H14F3N3O3/c24-23(25,26)16-4-3-5-18(14-16)28-21(27-20-7-2-1-6-19(20)22(28)30)13-10-15-8-11-17(12-9-15)29(31)32/h1-14H/b13-10-. The van der Waals surface area contributed by atoms with Crippen LogP contribution in [0.4, 0.5) is 18.9 Å². The lowest BCUT2D eigenvalue weighted by molar-refractivity contribution is -0.384. The van der Waals surface area contributed by atoms with Crippen LogP contribution in [0.2, 0.25) is 0 Å². The minimum absolute atomic E-state index is 0.0198. The maximum atomic E-state index is 13.2. The first-order valence-corrected chi connectivity index (χ1v) is 9.36. The second-order valence-electron chi connectivity index (χ2n) is 6.86. The van der Waals surface area contributed by atoms with Crippen LogP contribution in [0.3, 0.4) is 0 Å². The van der Waals surface area contributed by atoms with E-state index in [1.54, 1.807) is 30.3 Å². The molecule has 4 rings (SSSR count). The molecule has 1 aromatic heterocycles. The first-order chi connectivity index (χ1) is 15.2. The van der Waals surface area contributed by atoms with Crippen LogP contribution in [0.25, 0.3) is 28.7 Å². The number of non-ortho nitro benzene ring substituents is 1. The van der Waals surface area contributed by atoms with Crippen LogP contribution in [0.5, 0.6) is 0 Å². The Hall–Kier alpha value is -4.27. The van der Waals surface area contributed by atoms with Crippen molar-refractivity contribution in [2.24, 2.45) is 0 Å². The fraction of sp³-hybridized carbons (Fsp3) is 0.0435. The number of aromatic nitrogens is 2. The Balaban J connectivity index is 1.88. The van der Waals surface area contributed by atoms with E-state index in [-0.39, 0.29) is 22.6 Å². The average Bonchev–Trinajstić information content (AvgIpc) is 2.77. The number of fused-ring (bicyclic) bond motifs is 1. The molecule has 0 atom stereocenters. The zero-order valence-electron chi connectivity index (χ0n) is 16.3. The molecule has 4 aromatic rings. The molecule has 0 amide bonds. The summed E-state index contributed by atoms with van der Waals surface area (Å²) in [5.74, 6) is 0.117. The first kappa shape index (κ1) is 21.0. The number of halogens is 3. The molecule has 32 heavy (non-hydrogen) atoms. The number of para-hydroxylation sites is 1. The summed E-state index contributed by atoms with van der Waals surface area (Å²) in [7, 11) is 0. The van der Waals surface area contributed by atoms with E-state index in [2.05, 4.69) is 4.98 Å². The van der Waals surface area contributed by atoms with Crippen molar-refractivity contribution < 1.29 is 18.1 Å². The smallest absolute Gasteiger partial charge is 0.268 e. The third-order valence-corrected chi connectivity index (χ3v) is 4.76. The van der Waals surface area contributed by atoms with Gasteiger partial charge in [0.2, 0.25) is 0 Å². The first-order valence-electron chi connectivity index (χ1n) is 9.36. The van der Waals surface area contributed by atoms with Crippen LogP contribution in [0.1, 0.15) is 17.0 Å². The molecule has 0 unspecified atom stereocenters. The zero-order chi connectivity index (χ0) is 22.9. The summed E-state index contributed by atoms with van der Waals surface area (Å²) in [5, 5.41) is 11.1. The number of hydrogen-bond donors (Lipinski definition) is 0. The highest BCUT2D eigenvalue weighted by Gasteiger charge is 2.30. The third kappa shape index (κ3) is 4.13. The van der Waals surface area contributed by atoms with Gasteiger partial charge in [-0.1, -0.05) is 24.3 Å². The van der Waals surface area contributed by atoms with E-state index in [1.165, 1.54) is 42.5 Å². The van der Waals surface area contributed by atoms with Crippen LogP contribution in [0.15, 0.2) is 77.6 Å². The minimum atomic E-state index is -4.57. The monoisotopic (exact) mass is 437 g/mol. The molecule has 9 heteroatoms. The number of hydrogen-bond acceptors (Lipinski definition) is 4. The van der Waals surface area contributed by atoms with Gasteiger partial charge < -0.3 is 0 Å². The van der Waals surface area contributed by atoms with E-state index in [0.29, 0.717) is 11.1 Å². The van der Waals surface area contributed by atoms with E-state index >= 15 is 0 Å². The topological polar surface area (TPSA) is 78.0 Å². The lowest BCUT2D eigenvalue weighted by atomic mass is 10.1. The van der Waals surface area contributed by atoms with Crippen molar-refractivity contribution in [1.82, 2.24) is 9.55 Å². The van der Waals surface area contributed by atoms with Gasteiger partial charge in [0.25, 0.3) is 11.2 Å². The predicted molar refractivity (Wildman–Crippen MR) is 114 cm³/mol. The predicted octanol–water partition coefficient (Wildman–Crippen LogP) is 5.48. The molecule has 160 valence electrons. The maximum Gasteiger partial charge on any atom is 0.416 e. The quantitative estimate of drug-likeness (QED) is 0.313. The Bertz CT molecular complexity index is 1410. The largest absolute Gasteiger partial charge is 0.416 e. The molecular weight excluding hydrogens is 423 g/mol. The molecule has 1 heterocycles. The molecule has 0 aliphatic rings. The van der Waals surface area contributed by atoms with Gasteiger partial charge in [-0.3, -0.25) is 19.5 Å². The number of nitro groups is 1. The van der Waals surface area contributed by atoms with Crippen LogP contribution >= 0.6 is 0 Å². The molecule has 0 aliphatic carbocycles. The molecule has 3 aromatic carbocycles. The van der Waals surface area contributed by atoms with Crippen molar-refractivity contribution in [3.63, 3.8) is 0 Å². The molecule has 0 saturated heterocycles. The molecule has 6 nitrogen and oxygen atoms in total. The lowest BCUT2D eigenvalue weighted by Crippen LogP contribution is -2.22. The van der Waals surface area contributed by atoms with E-state index in [0.717, 1.165) is 16.7 Å². The normalized spacial score (nSPS) is 11.8. The summed E-state index contributed by atoms with van der Waals surface area (Å²) in [4.78, 5) is 27.9. The maximum absolute atomic E-state index is 13.2. The lowest BCUT2D eigenvalue weighted by Gasteiger charge is -2.13. The van der Waals surface area contributed by atoms with Gasteiger partial charge in [-0.2, -0.15) is 13.2 Å². The second-order valence-corrected chi connectivity index (χ2v) is 6.86. The average molecular weight is 437 g/mol. The van der Waals surface area contributed by atoms with Gasteiger partial charge in [-0.15, -0.1) is 0 Å². The van der Waals surface area contributed by atoms with Gasteiger partial charge in [0.15, 0.2) is 0 Å². The summed E-state index contributed by atoms with van der Waals surface area (Å²) < 4.78 is 40.8. The van der Waals surface area contributed by atoms with Crippen molar-refractivity contribution in [3.05, 3.63) is 110 Å². The Morgan fingerprint density at radius 2 is 1.66 bits per heavy atom. The van der Waals surface area contributed by atoms with Crippen LogP contribution in [0, 0.1) is 10.1 Å². The molecule has 0 saturated carbocycles. The summed E-state index contributed by atoms with van der Waals surface area (Å²) in [6.07, 6.45) is -1.52. The second kappa shape index (κ2) is 8.10. The Kier molecular flexibility index (Phi) is 5.31. The highest BCUT2D eigenvalue weighted by atomic mass is 19.4. The Labute approximate surface area is 179 Å². The van der Waals surface area contributed by atoms with E-state index in [4.69, 9.17) is 0 Å². The number of nitrogens with zero attached hydrogens (tertiary/aromatic N) is 3. The summed E-state index contributed by atoms with van der Waals surface area (Å²) in [6.45, 7) is 0. The SMILES string of the molecule is O=c1c2ccccc2nc(/C=C\c2ccc([N+](=O)[O-])cc2)n1-c1cccc(C(F)(F)F)c1. The fourth-order valence-corrected chi connectivity index (χ4v) is 3.21. The molecule has 0 aliphatic heterocycles. The van der Waals surface area contributed by atoms with Gasteiger partial charge in [0.1, 0.15) is 5.82 Å². The van der Waals surface area contributed by atoms with Crippen molar-refractivity contribution >= 4 is 28.7 Å². The van der Waals surface area contributed by atoms with Crippen LogP contribution in [-0.2, 0) is 6.18 Å².